The summed E-state index contributed by atoms with van der Waals surface area (Å²) in [5, 5.41) is 0. The van der Waals surface area contributed by atoms with Gasteiger partial charge in [-0.25, -0.2) is 9.97 Å². The maximum Gasteiger partial charge on any atom is 0.125 e. The Morgan fingerprint density at radius 3 is 2.84 bits per heavy atom. The molecule has 0 bridgehead atoms. The zero-order chi connectivity index (χ0) is 13.2. The molecule has 19 heavy (non-hydrogen) atoms. The van der Waals surface area contributed by atoms with Crippen LogP contribution in [0.5, 0.6) is 0 Å². The van der Waals surface area contributed by atoms with Crippen molar-refractivity contribution in [3.63, 3.8) is 0 Å². The van der Waals surface area contributed by atoms with Gasteiger partial charge in [0.25, 0.3) is 0 Å². The van der Waals surface area contributed by atoms with Gasteiger partial charge in [0.15, 0.2) is 0 Å². The average Bonchev–Trinajstić information content (AvgIpc) is 2.78. The Labute approximate surface area is 113 Å². The Morgan fingerprint density at radius 2 is 2.05 bits per heavy atom. The number of nitrogens with zero attached hydrogens (tertiary/aromatic N) is 3. The van der Waals surface area contributed by atoms with Crippen molar-refractivity contribution >= 4 is 0 Å². The van der Waals surface area contributed by atoms with Gasteiger partial charge < -0.3 is 4.42 Å². The first-order chi connectivity index (χ1) is 9.22. The highest BCUT2D eigenvalue weighted by molar-refractivity contribution is 5.27. The van der Waals surface area contributed by atoms with Crippen LogP contribution in [0, 0.1) is 13.8 Å². The average molecular weight is 257 g/mol. The van der Waals surface area contributed by atoms with Gasteiger partial charge in [0.05, 0.1) is 12.5 Å². The molecule has 0 radical (unpaired) electrons. The normalized spacial score (nSPS) is 16.1. The minimum Gasteiger partial charge on any atom is -0.472 e. The molecule has 1 aliphatic rings. The van der Waals surface area contributed by atoms with Crippen LogP contribution in [0.4, 0.5) is 0 Å². The van der Waals surface area contributed by atoms with E-state index in [0.717, 1.165) is 44.0 Å². The maximum absolute atomic E-state index is 5.13. The lowest BCUT2D eigenvalue weighted by atomic mass is 10.1. The van der Waals surface area contributed by atoms with Crippen LogP contribution in [0.1, 0.15) is 28.3 Å². The third-order valence-electron chi connectivity index (χ3n) is 3.74. The number of hydrogen-bond acceptors (Lipinski definition) is 4. The van der Waals surface area contributed by atoms with Crippen molar-refractivity contribution in [3.8, 4) is 0 Å². The molecule has 4 nitrogen and oxygen atoms in total. The molecular formula is C15H19N3O. The molecule has 0 fully saturated rings. The summed E-state index contributed by atoms with van der Waals surface area (Å²) in [5.41, 5.74) is 4.97. The van der Waals surface area contributed by atoms with Crippen molar-refractivity contribution in [3.05, 3.63) is 46.9 Å². The van der Waals surface area contributed by atoms with Gasteiger partial charge in [0.2, 0.25) is 0 Å². The van der Waals surface area contributed by atoms with Crippen LogP contribution in [-0.2, 0) is 19.4 Å². The van der Waals surface area contributed by atoms with Gasteiger partial charge in [0.1, 0.15) is 5.82 Å². The summed E-state index contributed by atoms with van der Waals surface area (Å²) in [5.74, 6) is 0.888. The molecule has 2 aromatic heterocycles. The molecule has 2 aromatic rings. The van der Waals surface area contributed by atoms with E-state index in [2.05, 4.69) is 21.8 Å². The third-order valence-corrected chi connectivity index (χ3v) is 3.74. The van der Waals surface area contributed by atoms with Gasteiger partial charge in [-0.3, -0.25) is 4.90 Å². The second kappa shape index (κ2) is 5.13. The lowest BCUT2D eigenvalue weighted by Gasteiger charge is -2.18. The third kappa shape index (κ3) is 2.68. The van der Waals surface area contributed by atoms with Crippen molar-refractivity contribution in [2.75, 3.05) is 13.1 Å². The van der Waals surface area contributed by atoms with Crippen molar-refractivity contribution in [1.82, 2.24) is 14.9 Å². The summed E-state index contributed by atoms with van der Waals surface area (Å²) in [7, 11) is 0. The van der Waals surface area contributed by atoms with Crippen LogP contribution >= 0.6 is 0 Å². The van der Waals surface area contributed by atoms with Gasteiger partial charge in [-0.2, -0.15) is 0 Å². The smallest absolute Gasteiger partial charge is 0.125 e. The minimum absolute atomic E-state index is 0.888. The van der Waals surface area contributed by atoms with E-state index in [9.17, 15) is 0 Å². The Morgan fingerprint density at radius 1 is 1.21 bits per heavy atom. The van der Waals surface area contributed by atoms with E-state index in [-0.39, 0.29) is 0 Å². The van der Waals surface area contributed by atoms with Crippen molar-refractivity contribution in [2.45, 2.75) is 33.2 Å². The van der Waals surface area contributed by atoms with Gasteiger partial charge in [-0.15, -0.1) is 0 Å². The molecule has 3 heterocycles. The van der Waals surface area contributed by atoms with E-state index >= 15 is 0 Å². The molecule has 3 rings (SSSR count). The molecule has 0 saturated heterocycles. The molecule has 0 amide bonds. The summed E-state index contributed by atoms with van der Waals surface area (Å²) in [4.78, 5) is 11.6. The van der Waals surface area contributed by atoms with Gasteiger partial charge in [-0.1, -0.05) is 0 Å². The van der Waals surface area contributed by atoms with Crippen molar-refractivity contribution < 1.29 is 4.42 Å². The molecule has 0 N–H and O–H groups in total. The Balaban J connectivity index is 1.76. The highest BCUT2D eigenvalue weighted by atomic mass is 16.3. The Kier molecular flexibility index (Phi) is 3.34. The number of aryl methyl sites for hydroxylation is 2. The number of fused-ring (bicyclic) bond motifs is 1. The quantitative estimate of drug-likeness (QED) is 0.828. The van der Waals surface area contributed by atoms with E-state index in [1.807, 2.05) is 19.3 Å². The van der Waals surface area contributed by atoms with Crippen LogP contribution in [-0.4, -0.2) is 28.0 Å². The largest absolute Gasteiger partial charge is 0.472 e. The van der Waals surface area contributed by atoms with Crippen LogP contribution in [0.2, 0.25) is 0 Å². The van der Waals surface area contributed by atoms with E-state index in [4.69, 9.17) is 4.42 Å². The Bertz CT molecular complexity index is 563. The molecule has 1 aliphatic heterocycles. The van der Waals surface area contributed by atoms with Crippen LogP contribution in [0.15, 0.2) is 23.0 Å². The van der Waals surface area contributed by atoms with Crippen LogP contribution in [0.25, 0.3) is 0 Å². The molecule has 0 spiro atoms. The van der Waals surface area contributed by atoms with Crippen LogP contribution in [0.3, 0.4) is 0 Å². The SMILES string of the molecule is Cc1nc(C)c2c(n1)CCN(Cc1ccoc1)CC2. The number of furan rings is 1. The fraction of sp³-hybridized carbons (Fsp3) is 0.467. The molecule has 0 unspecified atom stereocenters. The molecule has 0 saturated carbocycles. The minimum atomic E-state index is 0.888. The Hall–Kier alpha value is -1.68. The second-order valence-electron chi connectivity index (χ2n) is 5.19. The number of rotatable bonds is 2. The summed E-state index contributed by atoms with van der Waals surface area (Å²) < 4.78 is 5.13. The molecular weight excluding hydrogens is 238 g/mol. The monoisotopic (exact) mass is 257 g/mol. The van der Waals surface area contributed by atoms with E-state index < -0.39 is 0 Å². The topological polar surface area (TPSA) is 42.2 Å². The molecule has 0 atom stereocenters. The highest BCUT2D eigenvalue weighted by Gasteiger charge is 2.18. The lowest BCUT2D eigenvalue weighted by molar-refractivity contribution is 0.278. The zero-order valence-corrected chi connectivity index (χ0v) is 11.5. The lowest BCUT2D eigenvalue weighted by Crippen LogP contribution is -2.25. The first-order valence-electron chi connectivity index (χ1n) is 6.79. The predicted octanol–water partition coefficient (Wildman–Crippen LogP) is 2.29. The standard InChI is InChI=1S/C15H19N3O/c1-11-14-3-6-18(9-13-5-8-19-10-13)7-4-15(14)17-12(2)16-11/h5,8,10H,3-4,6-7,9H2,1-2H3. The van der Waals surface area contributed by atoms with Gasteiger partial charge in [0, 0.05) is 43.0 Å². The predicted molar refractivity (Wildman–Crippen MR) is 72.9 cm³/mol. The zero-order valence-electron chi connectivity index (χ0n) is 11.5. The van der Waals surface area contributed by atoms with Gasteiger partial charge in [-0.05, 0) is 31.9 Å². The maximum atomic E-state index is 5.13. The highest BCUT2D eigenvalue weighted by Crippen LogP contribution is 2.18. The van der Waals surface area contributed by atoms with Crippen LogP contribution < -0.4 is 0 Å². The number of hydrogen-bond donors (Lipinski definition) is 0. The first-order valence-corrected chi connectivity index (χ1v) is 6.79. The van der Waals surface area contributed by atoms with E-state index in [1.54, 1.807) is 6.26 Å². The molecule has 0 aliphatic carbocycles. The summed E-state index contributed by atoms with van der Waals surface area (Å²) in [6.07, 6.45) is 5.62. The molecule has 100 valence electrons. The summed E-state index contributed by atoms with van der Waals surface area (Å²) in [6, 6.07) is 2.03. The van der Waals surface area contributed by atoms with Crippen molar-refractivity contribution in [2.24, 2.45) is 0 Å². The fourth-order valence-electron chi connectivity index (χ4n) is 2.78. The fourth-order valence-corrected chi connectivity index (χ4v) is 2.78. The van der Waals surface area contributed by atoms with E-state index in [0.29, 0.717) is 0 Å². The summed E-state index contributed by atoms with van der Waals surface area (Å²) in [6.45, 7) is 7.14. The van der Waals surface area contributed by atoms with E-state index in [1.165, 1.54) is 16.8 Å². The molecule has 4 heteroatoms. The molecule has 0 aromatic carbocycles. The van der Waals surface area contributed by atoms with Gasteiger partial charge >= 0.3 is 0 Å². The van der Waals surface area contributed by atoms with Crippen molar-refractivity contribution in [1.29, 1.82) is 0 Å². The second-order valence-corrected chi connectivity index (χ2v) is 5.19. The summed E-state index contributed by atoms with van der Waals surface area (Å²) >= 11 is 0. The first kappa shape index (κ1) is 12.4. The number of aromatic nitrogens is 2.